The van der Waals surface area contributed by atoms with Crippen LogP contribution in [0, 0.1) is 0 Å². The van der Waals surface area contributed by atoms with E-state index in [0.29, 0.717) is 17.5 Å². The summed E-state index contributed by atoms with van der Waals surface area (Å²) >= 11 is 1.84. The molecule has 0 saturated heterocycles. The van der Waals surface area contributed by atoms with Crippen LogP contribution < -0.4 is 0 Å². The first kappa shape index (κ1) is 32.6. The fraction of sp³-hybridized carbons (Fsp3) is 0. The van der Waals surface area contributed by atoms with Gasteiger partial charge in [-0.05, 0) is 80.9 Å². The monoisotopic (exact) mass is 719 g/mol. The summed E-state index contributed by atoms with van der Waals surface area (Å²) in [6.45, 7) is 0. The Kier molecular flexibility index (Phi) is 8.36. The zero-order valence-corrected chi connectivity index (χ0v) is 30.6. The van der Waals surface area contributed by atoms with Crippen molar-refractivity contribution in [1.82, 2.24) is 15.0 Å². The maximum Gasteiger partial charge on any atom is 0.164 e. The van der Waals surface area contributed by atoms with Crippen LogP contribution in [0.4, 0.5) is 0 Å². The summed E-state index contributed by atoms with van der Waals surface area (Å²) in [4.78, 5) is 15.6. The van der Waals surface area contributed by atoms with Crippen LogP contribution in [0.2, 0.25) is 0 Å². The van der Waals surface area contributed by atoms with Gasteiger partial charge in [0.25, 0.3) is 0 Å². The molecule has 258 valence electrons. The first-order valence-electron chi connectivity index (χ1n) is 18.4. The lowest BCUT2D eigenvalue weighted by molar-refractivity contribution is 1.07. The highest BCUT2D eigenvalue weighted by Crippen LogP contribution is 2.39. The number of nitrogens with zero attached hydrogens (tertiary/aromatic N) is 3. The third kappa shape index (κ3) is 6.50. The quantitative estimate of drug-likeness (QED) is 0.165. The van der Waals surface area contributed by atoms with Gasteiger partial charge >= 0.3 is 0 Å². The molecule has 0 unspecified atom stereocenters. The third-order valence-electron chi connectivity index (χ3n) is 10.1. The molecule has 55 heavy (non-hydrogen) atoms. The molecule has 0 bridgehead atoms. The van der Waals surface area contributed by atoms with E-state index in [-0.39, 0.29) is 0 Å². The zero-order valence-electron chi connectivity index (χ0n) is 29.8. The van der Waals surface area contributed by atoms with E-state index >= 15 is 0 Å². The van der Waals surface area contributed by atoms with Gasteiger partial charge in [-0.25, -0.2) is 15.0 Å². The second kappa shape index (κ2) is 14.1. The molecular formula is C51H33N3S. The van der Waals surface area contributed by atoms with Crippen LogP contribution >= 0.6 is 11.3 Å². The standard InChI is InChI=1S/C51H33N3S/c1-4-13-34(14-5-1)37-23-25-38(26-24-37)49-52-50(41-20-12-19-39(29-41)35-15-6-2-7-16-35)54-51(53-49)44-31-42(36-17-8-3-9-18-36)30-43(32-44)40-27-28-46-45-21-10-11-22-47(45)55-48(46)33-40/h1-33H. The van der Waals surface area contributed by atoms with Crippen molar-refractivity contribution in [3.8, 4) is 78.7 Å². The van der Waals surface area contributed by atoms with Crippen LogP contribution in [-0.2, 0) is 0 Å². The predicted octanol–water partition coefficient (Wildman–Crippen LogP) is 13.9. The van der Waals surface area contributed by atoms with Gasteiger partial charge in [-0.3, -0.25) is 0 Å². The Hall–Kier alpha value is -7.01. The Morgan fingerprint density at radius 3 is 1.33 bits per heavy atom. The van der Waals surface area contributed by atoms with Gasteiger partial charge in [0.1, 0.15) is 0 Å². The summed E-state index contributed by atoms with van der Waals surface area (Å²) in [7, 11) is 0. The number of benzene rings is 8. The smallest absolute Gasteiger partial charge is 0.164 e. The molecule has 0 N–H and O–H groups in total. The highest BCUT2D eigenvalue weighted by Gasteiger charge is 2.16. The molecule has 2 heterocycles. The Morgan fingerprint density at radius 1 is 0.236 bits per heavy atom. The highest BCUT2D eigenvalue weighted by molar-refractivity contribution is 7.25. The molecule has 8 aromatic carbocycles. The van der Waals surface area contributed by atoms with E-state index in [1.54, 1.807) is 0 Å². The number of aromatic nitrogens is 3. The Bertz CT molecular complexity index is 2950. The maximum absolute atomic E-state index is 5.23. The van der Waals surface area contributed by atoms with Gasteiger partial charge in [-0.15, -0.1) is 11.3 Å². The molecule has 10 rings (SSSR count). The molecule has 0 aliphatic carbocycles. The average molecular weight is 720 g/mol. The van der Waals surface area contributed by atoms with Gasteiger partial charge in [-0.2, -0.15) is 0 Å². The summed E-state index contributed by atoms with van der Waals surface area (Å²) in [5.74, 6) is 1.88. The van der Waals surface area contributed by atoms with E-state index in [2.05, 4.69) is 188 Å². The van der Waals surface area contributed by atoms with E-state index in [1.165, 1.54) is 25.7 Å². The van der Waals surface area contributed by atoms with Crippen molar-refractivity contribution in [1.29, 1.82) is 0 Å². The fourth-order valence-corrected chi connectivity index (χ4v) is 8.45. The van der Waals surface area contributed by atoms with Gasteiger partial charge < -0.3 is 0 Å². The maximum atomic E-state index is 5.23. The molecule has 0 aliphatic heterocycles. The Labute approximate surface area is 323 Å². The van der Waals surface area contributed by atoms with Crippen molar-refractivity contribution in [2.24, 2.45) is 0 Å². The minimum absolute atomic E-state index is 0.624. The topological polar surface area (TPSA) is 38.7 Å². The highest BCUT2D eigenvalue weighted by atomic mass is 32.1. The van der Waals surface area contributed by atoms with Crippen LogP contribution in [0.1, 0.15) is 0 Å². The zero-order chi connectivity index (χ0) is 36.6. The molecule has 0 aliphatic rings. The van der Waals surface area contributed by atoms with Gasteiger partial charge in [0.2, 0.25) is 0 Å². The molecule has 0 amide bonds. The molecule has 0 fully saturated rings. The van der Waals surface area contributed by atoms with Crippen molar-refractivity contribution in [2.75, 3.05) is 0 Å². The van der Waals surface area contributed by atoms with Crippen LogP contribution in [0.25, 0.3) is 98.8 Å². The summed E-state index contributed by atoms with van der Waals surface area (Å²) in [6.07, 6.45) is 0. The summed E-state index contributed by atoms with van der Waals surface area (Å²) in [5, 5.41) is 2.58. The summed E-state index contributed by atoms with van der Waals surface area (Å²) in [5.41, 5.74) is 11.9. The minimum Gasteiger partial charge on any atom is -0.208 e. The van der Waals surface area contributed by atoms with E-state index in [9.17, 15) is 0 Å². The van der Waals surface area contributed by atoms with Crippen molar-refractivity contribution in [2.45, 2.75) is 0 Å². The fourth-order valence-electron chi connectivity index (χ4n) is 7.30. The van der Waals surface area contributed by atoms with Gasteiger partial charge in [0, 0.05) is 36.9 Å². The molecule has 4 heteroatoms. The SMILES string of the molecule is c1ccc(-c2ccc(-c3nc(-c4cccc(-c5ccccc5)c4)nc(-c4cc(-c5ccccc5)cc(-c5ccc6c(c5)sc5ccccc56)c4)n3)cc2)cc1. The molecule has 0 atom stereocenters. The van der Waals surface area contributed by atoms with Gasteiger partial charge in [0.05, 0.1) is 0 Å². The van der Waals surface area contributed by atoms with Crippen molar-refractivity contribution >= 4 is 31.5 Å². The number of fused-ring (bicyclic) bond motifs is 3. The van der Waals surface area contributed by atoms with Crippen molar-refractivity contribution in [3.63, 3.8) is 0 Å². The van der Waals surface area contributed by atoms with Crippen molar-refractivity contribution < 1.29 is 0 Å². The second-order valence-corrected chi connectivity index (χ2v) is 14.8. The van der Waals surface area contributed by atoms with Crippen molar-refractivity contribution in [3.05, 3.63) is 200 Å². The first-order chi connectivity index (χ1) is 27.2. The molecule has 0 radical (unpaired) electrons. The number of hydrogen-bond acceptors (Lipinski definition) is 4. The lowest BCUT2D eigenvalue weighted by Crippen LogP contribution is -2.01. The largest absolute Gasteiger partial charge is 0.208 e. The Balaban J connectivity index is 1.15. The van der Waals surface area contributed by atoms with E-state index in [4.69, 9.17) is 15.0 Å². The second-order valence-electron chi connectivity index (χ2n) is 13.7. The van der Waals surface area contributed by atoms with E-state index < -0.39 is 0 Å². The minimum atomic E-state index is 0.624. The first-order valence-corrected chi connectivity index (χ1v) is 19.2. The average Bonchev–Trinajstić information content (AvgIpc) is 3.65. The number of rotatable bonds is 7. The number of hydrogen-bond donors (Lipinski definition) is 0. The molecule has 3 nitrogen and oxygen atoms in total. The van der Waals surface area contributed by atoms with Crippen LogP contribution in [0.5, 0.6) is 0 Å². The van der Waals surface area contributed by atoms with E-state index in [1.807, 2.05) is 23.5 Å². The molecule has 0 saturated carbocycles. The van der Waals surface area contributed by atoms with Crippen LogP contribution in [0.15, 0.2) is 200 Å². The van der Waals surface area contributed by atoms with Crippen LogP contribution in [-0.4, -0.2) is 15.0 Å². The normalized spacial score (nSPS) is 11.3. The number of thiophene rings is 1. The molecule has 0 spiro atoms. The van der Waals surface area contributed by atoms with Crippen LogP contribution in [0.3, 0.4) is 0 Å². The molecular weight excluding hydrogens is 687 g/mol. The predicted molar refractivity (Wildman–Crippen MR) is 231 cm³/mol. The summed E-state index contributed by atoms with van der Waals surface area (Å²) in [6, 6.07) is 70.5. The molecule has 2 aromatic heterocycles. The third-order valence-corrected chi connectivity index (χ3v) is 11.3. The van der Waals surface area contributed by atoms with Gasteiger partial charge in [0.15, 0.2) is 17.5 Å². The van der Waals surface area contributed by atoms with Gasteiger partial charge in [-0.1, -0.05) is 164 Å². The lowest BCUT2D eigenvalue weighted by atomic mass is 9.95. The Morgan fingerprint density at radius 2 is 0.636 bits per heavy atom. The van der Waals surface area contributed by atoms with E-state index in [0.717, 1.165) is 55.6 Å². The molecule has 10 aromatic rings. The summed E-state index contributed by atoms with van der Waals surface area (Å²) < 4.78 is 2.57. The lowest BCUT2D eigenvalue weighted by Gasteiger charge is -2.13.